The minimum Gasteiger partial charge on any atom is -0.353 e. The Kier molecular flexibility index (Phi) is 6.43. The highest BCUT2D eigenvalue weighted by Gasteiger charge is 2.34. The number of piperazine rings is 1. The van der Waals surface area contributed by atoms with E-state index in [2.05, 4.69) is 29.6 Å². The van der Waals surface area contributed by atoms with Gasteiger partial charge in [-0.3, -0.25) is 14.5 Å². The number of hydrogen-bond acceptors (Lipinski definition) is 3. The normalized spacial score (nSPS) is 20.8. The van der Waals surface area contributed by atoms with Crippen LogP contribution in [0.4, 0.5) is 4.39 Å². The molecule has 2 heterocycles. The van der Waals surface area contributed by atoms with E-state index in [1.807, 2.05) is 21.9 Å². The lowest BCUT2D eigenvalue weighted by Gasteiger charge is -2.37. The Bertz CT molecular complexity index is 881. The highest BCUT2D eigenvalue weighted by molar-refractivity contribution is 5.88. The SMILES string of the molecule is O=C1NCCN(Cc2cccc(F)c2)[C@H]1CC(=O)N1CCC(c2ccccc2)CC1. The third-order valence-corrected chi connectivity index (χ3v) is 6.20. The third kappa shape index (κ3) is 4.87. The molecule has 0 unspecified atom stereocenters. The summed E-state index contributed by atoms with van der Waals surface area (Å²) in [5, 5.41) is 2.87. The first-order valence-corrected chi connectivity index (χ1v) is 10.7. The van der Waals surface area contributed by atoms with Crippen LogP contribution in [0, 0.1) is 5.82 Å². The largest absolute Gasteiger partial charge is 0.353 e. The van der Waals surface area contributed by atoms with Crippen molar-refractivity contribution in [3.05, 3.63) is 71.5 Å². The molecule has 6 heteroatoms. The minimum atomic E-state index is -0.513. The van der Waals surface area contributed by atoms with Gasteiger partial charge < -0.3 is 10.2 Å². The van der Waals surface area contributed by atoms with E-state index in [9.17, 15) is 14.0 Å². The van der Waals surface area contributed by atoms with E-state index >= 15 is 0 Å². The second-order valence-corrected chi connectivity index (χ2v) is 8.18. The molecule has 0 aliphatic carbocycles. The summed E-state index contributed by atoms with van der Waals surface area (Å²) in [7, 11) is 0. The first-order chi connectivity index (χ1) is 14.6. The zero-order valence-electron chi connectivity index (χ0n) is 17.1. The van der Waals surface area contributed by atoms with Crippen LogP contribution < -0.4 is 5.32 Å². The number of amides is 2. The topological polar surface area (TPSA) is 52.7 Å². The summed E-state index contributed by atoms with van der Waals surface area (Å²) >= 11 is 0. The molecule has 158 valence electrons. The van der Waals surface area contributed by atoms with Crippen molar-refractivity contribution < 1.29 is 14.0 Å². The molecule has 2 aromatic carbocycles. The molecular weight excluding hydrogens is 381 g/mol. The van der Waals surface area contributed by atoms with Crippen LogP contribution in [0.1, 0.15) is 36.3 Å². The van der Waals surface area contributed by atoms with Crippen molar-refractivity contribution in [2.24, 2.45) is 0 Å². The fourth-order valence-electron chi connectivity index (χ4n) is 4.52. The van der Waals surface area contributed by atoms with Gasteiger partial charge >= 0.3 is 0 Å². The summed E-state index contributed by atoms with van der Waals surface area (Å²) in [6.45, 7) is 3.09. The molecule has 5 nitrogen and oxygen atoms in total. The lowest BCUT2D eigenvalue weighted by atomic mass is 9.89. The Morgan fingerprint density at radius 3 is 2.53 bits per heavy atom. The number of nitrogens with zero attached hydrogens (tertiary/aromatic N) is 2. The average Bonchev–Trinajstić information content (AvgIpc) is 2.77. The molecule has 2 aliphatic rings. The van der Waals surface area contributed by atoms with Crippen molar-refractivity contribution in [3.8, 4) is 0 Å². The van der Waals surface area contributed by atoms with Gasteiger partial charge in [-0.2, -0.15) is 0 Å². The van der Waals surface area contributed by atoms with Crippen LogP contribution in [-0.2, 0) is 16.1 Å². The highest BCUT2D eigenvalue weighted by Crippen LogP contribution is 2.28. The van der Waals surface area contributed by atoms with Gasteiger partial charge in [-0.25, -0.2) is 4.39 Å². The minimum absolute atomic E-state index is 0.0211. The van der Waals surface area contributed by atoms with E-state index in [0.29, 0.717) is 25.6 Å². The van der Waals surface area contributed by atoms with Gasteiger partial charge in [0.15, 0.2) is 0 Å². The summed E-state index contributed by atoms with van der Waals surface area (Å²) in [6, 6.07) is 16.3. The van der Waals surface area contributed by atoms with Crippen molar-refractivity contribution in [1.82, 2.24) is 15.1 Å². The van der Waals surface area contributed by atoms with Crippen LogP contribution >= 0.6 is 0 Å². The van der Waals surface area contributed by atoms with Crippen LogP contribution in [0.25, 0.3) is 0 Å². The Labute approximate surface area is 176 Å². The molecule has 0 spiro atoms. The molecule has 4 rings (SSSR count). The molecule has 0 bridgehead atoms. The second kappa shape index (κ2) is 9.39. The van der Waals surface area contributed by atoms with Gasteiger partial charge in [0.2, 0.25) is 11.8 Å². The zero-order chi connectivity index (χ0) is 20.9. The fraction of sp³-hybridized carbons (Fsp3) is 0.417. The number of hydrogen-bond donors (Lipinski definition) is 1. The van der Waals surface area contributed by atoms with Gasteiger partial charge in [0.1, 0.15) is 5.82 Å². The van der Waals surface area contributed by atoms with Gasteiger partial charge in [-0.15, -0.1) is 0 Å². The monoisotopic (exact) mass is 409 g/mol. The molecule has 2 aliphatic heterocycles. The summed E-state index contributed by atoms with van der Waals surface area (Å²) < 4.78 is 13.5. The molecule has 2 amide bonds. The maximum Gasteiger partial charge on any atom is 0.237 e. The molecule has 0 saturated carbocycles. The van der Waals surface area contributed by atoms with E-state index in [-0.39, 0.29) is 24.1 Å². The van der Waals surface area contributed by atoms with Crippen molar-refractivity contribution in [2.45, 2.75) is 37.8 Å². The van der Waals surface area contributed by atoms with E-state index in [1.54, 1.807) is 6.07 Å². The second-order valence-electron chi connectivity index (χ2n) is 8.18. The van der Waals surface area contributed by atoms with Gasteiger partial charge in [0, 0.05) is 32.7 Å². The predicted molar refractivity (Wildman–Crippen MR) is 113 cm³/mol. The van der Waals surface area contributed by atoms with Crippen LogP contribution in [0.5, 0.6) is 0 Å². The Morgan fingerprint density at radius 2 is 1.80 bits per heavy atom. The van der Waals surface area contributed by atoms with Crippen LogP contribution in [0.3, 0.4) is 0 Å². The number of carbonyl (C=O) groups excluding carboxylic acids is 2. The molecule has 30 heavy (non-hydrogen) atoms. The zero-order valence-corrected chi connectivity index (χ0v) is 17.1. The summed E-state index contributed by atoms with van der Waals surface area (Å²) in [5.41, 5.74) is 2.14. The molecule has 1 atom stereocenters. The van der Waals surface area contributed by atoms with Gasteiger partial charge in [-0.1, -0.05) is 42.5 Å². The number of carbonyl (C=O) groups is 2. The maximum atomic E-state index is 13.5. The molecular formula is C24H28FN3O2. The van der Waals surface area contributed by atoms with Crippen LogP contribution in [0.15, 0.2) is 54.6 Å². The summed E-state index contributed by atoms with van der Waals surface area (Å²) in [5.74, 6) is 0.0959. The lowest BCUT2D eigenvalue weighted by Crippen LogP contribution is -2.56. The molecule has 2 saturated heterocycles. The van der Waals surface area contributed by atoms with E-state index in [1.165, 1.54) is 17.7 Å². The number of piperidine rings is 1. The van der Waals surface area contributed by atoms with Crippen LogP contribution in [-0.4, -0.2) is 53.8 Å². The summed E-state index contributed by atoms with van der Waals surface area (Å²) in [4.78, 5) is 29.4. The number of benzene rings is 2. The summed E-state index contributed by atoms with van der Waals surface area (Å²) in [6.07, 6.45) is 2.05. The Hall–Kier alpha value is -2.73. The van der Waals surface area contributed by atoms with Crippen molar-refractivity contribution in [1.29, 1.82) is 0 Å². The predicted octanol–water partition coefficient (Wildman–Crippen LogP) is 2.92. The first-order valence-electron chi connectivity index (χ1n) is 10.7. The Balaban J connectivity index is 1.36. The standard InChI is InChI=1S/C24H28FN3O2/c25-21-8-4-5-18(15-21)17-28-14-11-26-24(30)22(28)16-23(29)27-12-9-20(10-13-27)19-6-2-1-3-7-19/h1-8,15,20,22H,9-14,16-17H2,(H,26,30)/t22-/m0/s1. The van der Waals surface area contributed by atoms with Crippen molar-refractivity contribution in [3.63, 3.8) is 0 Å². The number of likely N-dealkylation sites (tertiary alicyclic amines) is 1. The van der Waals surface area contributed by atoms with E-state index in [4.69, 9.17) is 0 Å². The molecule has 0 aromatic heterocycles. The Morgan fingerprint density at radius 1 is 1.03 bits per heavy atom. The van der Waals surface area contributed by atoms with E-state index < -0.39 is 6.04 Å². The quantitative estimate of drug-likeness (QED) is 0.826. The number of halogens is 1. The first kappa shape index (κ1) is 20.5. The van der Waals surface area contributed by atoms with Crippen molar-refractivity contribution >= 4 is 11.8 Å². The van der Waals surface area contributed by atoms with Gasteiger partial charge in [0.05, 0.1) is 12.5 Å². The van der Waals surface area contributed by atoms with Crippen LogP contribution in [0.2, 0.25) is 0 Å². The molecule has 2 fully saturated rings. The maximum absolute atomic E-state index is 13.5. The lowest BCUT2D eigenvalue weighted by molar-refractivity contribution is -0.139. The molecule has 1 N–H and O–H groups in total. The van der Waals surface area contributed by atoms with Gasteiger partial charge in [-0.05, 0) is 42.0 Å². The van der Waals surface area contributed by atoms with Crippen molar-refractivity contribution in [2.75, 3.05) is 26.2 Å². The third-order valence-electron chi connectivity index (χ3n) is 6.20. The number of rotatable bonds is 5. The average molecular weight is 410 g/mol. The number of nitrogens with one attached hydrogen (secondary N) is 1. The molecule has 0 radical (unpaired) electrons. The van der Waals surface area contributed by atoms with E-state index in [0.717, 1.165) is 31.5 Å². The highest BCUT2D eigenvalue weighted by atomic mass is 19.1. The fourth-order valence-corrected chi connectivity index (χ4v) is 4.52. The molecule has 2 aromatic rings. The van der Waals surface area contributed by atoms with Gasteiger partial charge in [0.25, 0.3) is 0 Å². The smallest absolute Gasteiger partial charge is 0.237 e.